The van der Waals surface area contributed by atoms with Crippen LogP contribution in [0.15, 0.2) is 42.1 Å². The predicted octanol–water partition coefficient (Wildman–Crippen LogP) is 1.13. The van der Waals surface area contributed by atoms with Crippen molar-refractivity contribution < 1.29 is 33.8 Å². The van der Waals surface area contributed by atoms with E-state index in [4.69, 9.17) is 4.74 Å². The van der Waals surface area contributed by atoms with Crippen molar-refractivity contribution in [2.75, 3.05) is 12.3 Å². The number of thioether (sulfide) groups is 1. The number of fused-ring (bicyclic) bond motifs is 1. The van der Waals surface area contributed by atoms with Crippen LogP contribution in [0.3, 0.4) is 0 Å². The molecular weight excluding hydrogens is 476 g/mol. The van der Waals surface area contributed by atoms with Crippen molar-refractivity contribution in [1.29, 1.82) is 0 Å². The summed E-state index contributed by atoms with van der Waals surface area (Å²) in [5.74, 6) is -5.05. The number of β-lactam (4-membered cyclic amide) rings is 1. The topological polar surface area (TPSA) is 154 Å². The smallest absolute Gasteiger partial charge is 0.352 e. The first-order chi connectivity index (χ1) is 16.4. The van der Waals surface area contributed by atoms with Gasteiger partial charge in [0.05, 0.1) is 0 Å². The lowest BCUT2D eigenvalue weighted by atomic mass is 9.92. The number of hydrogen-bond acceptors (Lipinski definition) is 7. The van der Waals surface area contributed by atoms with Gasteiger partial charge in [-0.05, 0) is 39.3 Å². The van der Waals surface area contributed by atoms with Crippen molar-refractivity contribution >= 4 is 41.5 Å². The Labute approximate surface area is 206 Å². The molecule has 2 aliphatic rings. The SMILES string of the molecule is CCNC(=O)NC1(NC(=O)C(C(=O)OC(C)(C)C)c2ccccc2)C(=O)N2C(C(=O)O)=CCS[C@H]21. The summed E-state index contributed by atoms with van der Waals surface area (Å²) in [5.41, 5.74) is -2.76. The number of nitrogens with one attached hydrogen (secondary N) is 3. The molecule has 0 spiro atoms. The fourth-order valence-corrected chi connectivity index (χ4v) is 5.05. The Balaban J connectivity index is 1.98. The first-order valence-electron chi connectivity index (χ1n) is 11.0. The molecule has 3 rings (SSSR count). The molecule has 4 amide bonds. The highest BCUT2D eigenvalue weighted by molar-refractivity contribution is 8.00. The number of carbonyl (C=O) groups excluding carboxylic acids is 4. The molecule has 12 heteroatoms. The van der Waals surface area contributed by atoms with Gasteiger partial charge in [0, 0.05) is 12.3 Å². The Morgan fingerprint density at radius 2 is 1.86 bits per heavy atom. The first-order valence-corrected chi connectivity index (χ1v) is 12.0. The van der Waals surface area contributed by atoms with E-state index in [-0.39, 0.29) is 18.0 Å². The number of rotatable bonds is 7. The van der Waals surface area contributed by atoms with Crippen LogP contribution in [0.5, 0.6) is 0 Å². The molecule has 35 heavy (non-hydrogen) atoms. The summed E-state index contributed by atoms with van der Waals surface area (Å²) in [5, 5.41) is 16.1. The highest BCUT2D eigenvalue weighted by Crippen LogP contribution is 2.43. The van der Waals surface area contributed by atoms with Crippen molar-refractivity contribution in [3.63, 3.8) is 0 Å². The molecule has 1 aromatic rings. The molecule has 1 aromatic carbocycles. The Bertz CT molecular complexity index is 1070. The van der Waals surface area contributed by atoms with E-state index in [0.29, 0.717) is 5.56 Å². The van der Waals surface area contributed by atoms with Gasteiger partial charge in [0.2, 0.25) is 11.6 Å². The maximum absolute atomic E-state index is 13.6. The van der Waals surface area contributed by atoms with E-state index in [2.05, 4.69) is 16.0 Å². The quantitative estimate of drug-likeness (QED) is 0.186. The van der Waals surface area contributed by atoms with Crippen molar-refractivity contribution in [2.45, 2.75) is 50.3 Å². The summed E-state index contributed by atoms with van der Waals surface area (Å²) in [6, 6.07) is 7.44. The van der Waals surface area contributed by atoms with E-state index in [1.807, 2.05) is 0 Å². The van der Waals surface area contributed by atoms with Crippen LogP contribution in [0.2, 0.25) is 0 Å². The number of aliphatic carboxylic acids is 1. The maximum atomic E-state index is 13.6. The molecule has 2 unspecified atom stereocenters. The molecule has 2 aliphatic heterocycles. The molecule has 1 saturated heterocycles. The lowest BCUT2D eigenvalue weighted by molar-refractivity contribution is -0.164. The number of urea groups is 1. The second-order valence-corrected chi connectivity index (χ2v) is 10.0. The third kappa shape index (κ3) is 5.26. The van der Waals surface area contributed by atoms with Crippen LogP contribution in [-0.2, 0) is 23.9 Å². The highest BCUT2D eigenvalue weighted by Gasteiger charge is 2.66. The second-order valence-electron chi connectivity index (χ2n) is 8.91. The standard InChI is InChI=1S/C23H28N4O7S/c1-5-24-21(33)26-23(19(32)27-14(17(29)30)11-12-35-20(23)27)25-16(28)15(13-9-7-6-8-10-13)18(31)34-22(2,3)4/h6-11,15,20H,5,12H2,1-4H3,(H,25,28)(H,29,30)(H2,24,26,33)/t15?,20-,23?/m0/s1. The Morgan fingerprint density at radius 3 is 2.43 bits per heavy atom. The zero-order valence-electron chi connectivity index (χ0n) is 19.8. The summed E-state index contributed by atoms with van der Waals surface area (Å²) in [6.07, 6.45) is 1.38. The summed E-state index contributed by atoms with van der Waals surface area (Å²) < 4.78 is 5.46. The Morgan fingerprint density at radius 1 is 1.20 bits per heavy atom. The molecule has 188 valence electrons. The third-order valence-corrected chi connectivity index (χ3v) is 6.42. The van der Waals surface area contributed by atoms with Gasteiger partial charge in [0.1, 0.15) is 16.7 Å². The number of hydrogen-bond donors (Lipinski definition) is 4. The van der Waals surface area contributed by atoms with Gasteiger partial charge in [0.25, 0.3) is 5.91 Å². The number of benzene rings is 1. The van der Waals surface area contributed by atoms with Gasteiger partial charge in [-0.2, -0.15) is 0 Å². The molecule has 0 aliphatic carbocycles. The van der Waals surface area contributed by atoms with Gasteiger partial charge < -0.3 is 25.8 Å². The third-order valence-electron chi connectivity index (χ3n) is 5.18. The van der Waals surface area contributed by atoms with Crippen LogP contribution in [0.25, 0.3) is 0 Å². The minimum atomic E-state index is -1.97. The molecule has 3 atom stereocenters. The first kappa shape index (κ1) is 26.1. The number of amides is 4. The van der Waals surface area contributed by atoms with E-state index < -0.39 is 52.3 Å². The maximum Gasteiger partial charge on any atom is 0.352 e. The molecule has 2 heterocycles. The van der Waals surface area contributed by atoms with Crippen LogP contribution < -0.4 is 16.0 Å². The summed E-state index contributed by atoms with van der Waals surface area (Å²) in [4.78, 5) is 65.0. The molecule has 1 fully saturated rings. The van der Waals surface area contributed by atoms with Crippen molar-refractivity contribution in [2.24, 2.45) is 0 Å². The number of ether oxygens (including phenoxy) is 1. The van der Waals surface area contributed by atoms with Crippen molar-refractivity contribution in [3.8, 4) is 0 Å². The summed E-state index contributed by atoms with van der Waals surface area (Å²) in [6.45, 7) is 6.91. The van der Waals surface area contributed by atoms with E-state index in [9.17, 15) is 29.1 Å². The van der Waals surface area contributed by atoms with E-state index >= 15 is 0 Å². The predicted molar refractivity (Wildman–Crippen MR) is 127 cm³/mol. The number of carbonyl (C=O) groups is 5. The molecule has 0 bridgehead atoms. The van der Waals surface area contributed by atoms with Gasteiger partial charge in [-0.1, -0.05) is 30.3 Å². The highest BCUT2D eigenvalue weighted by atomic mass is 32.2. The van der Waals surface area contributed by atoms with Crippen LogP contribution in [0.1, 0.15) is 39.2 Å². The fraction of sp³-hybridized carbons (Fsp3) is 0.435. The molecule has 0 radical (unpaired) electrons. The van der Waals surface area contributed by atoms with Gasteiger partial charge in [-0.3, -0.25) is 19.3 Å². The van der Waals surface area contributed by atoms with E-state index in [1.54, 1.807) is 58.0 Å². The zero-order chi connectivity index (χ0) is 26.0. The largest absolute Gasteiger partial charge is 0.477 e. The summed E-state index contributed by atoms with van der Waals surface area (Å²) >= 11 is 1.16. The number of carboxylic acids is 1. The molecule has 11 nitrogen and oxygen atoms in total. The lowest BCUT2D eigenvalue weighted by Crippen LogP contribution is -2.86. The molecular formula is C23H28N4O7S. The monoisotopic (exact) mass is 504 g/mol. The van der Waals surface area contributed by atoms with Crippen LogP contribution >= 0.6 is 11.8 Å². The molecule has 0 saturated carbocycles. The molecule has 4 N–H and O–H groups in total. The average molecular weight is 505 g/mol. The fourth-order valence-electron chi connectivity index (χ4n) is 3.78. The van der Waals surface area contributed by atoms with Crippen LogP contribution in [-0.4, -0.2) is 68.7 Å². The minimum absolute atomic E-state index is 0.235. The normalized spacial score (nSPS) is 22.1. The Kier molecular flexibility index (Phi) is 7.44. The number of esters is 1. The van der Waals surface area contributed by atoms with E-state index in [0.717, 1.165) is 16.7 Å². The van der Waals surface area contributed by atoms with Crippen LogP contribution in [0.4, 0.5) is 4.79 Å². The summed E-state index contributed by atoms with van der Waals surface area (Å²) in [7, 11) is 0. The van der Waals surface area contributed by atoms with Gasteiger partial charge in [0.15, 0.2) is 5.92 Å². The number of nitrogens with zero attached hydrogens (tertiary/aromatic N) is 1. The van der Waals surface area contributed by atoms with E-state index in [1.165, 1.54) is 6.08 Å². The zero-order valence-corrected chi connectivity index (χ0v) is 20.6. The minimum Gasteiger partial charge on any atom is -0.477 e. The second kappa shape index (κ2) is 9.98. The van der Waals surface area contributed by atoms with Gasteiger partial charge in [-0.15, -0.1) is 11.8 Å². The Hall–Kier alpha value is -3.54. The lowest BCUT2D eigenvalue weighted by Gasteiger charge is -2.56. The van der Waals surface area contributed by atoms with Gasteiger partial charge in [-0.25, -0.2) is 9.59 Å². The van der Waals surface area contributed by atoms with Crippen LogP contribution in [0, 0.1) is 0 Å². The average Bonchev–Trinajstić information content (AvgIpc) is 2.77. The number of carboxylic acid groups (broad SMARTS) is 1. The van der Waals surface area contributed by atoms with Crippen molar-refractivity contribution in [1.82, 2.24) is 20.9 Å². The van der Waals surface area contributed by atoms with Gasteiger partial charge >= 0.3 is 18.0 Å². The molecule has 0 aromatic heterocycles. The van der Waals surface area contributed by atoms with Crippen molar-refractivity contribution in [3.05, 3.63) is 47.7 Å².